The van der Waals surface area contributed by atoms with Crippen LogP contribution < -0.4 is 0 Å². The molecule has 0 atom stereocenters. The lowest BCUT2D eigenvalue weighted by atomic mass is 10.1. The maximum absolute atomic E-state index is 11.9. The van der Waals surface area contributed by atoms with E-state index in [0.29, 0.717) is 0 Å². The number of ketones is 2. The van der Waals surface area contributed by atoms with Gasteiger partial charge in [0.1, 0.15) is 6.33 Å². The van der Waals surface area contributed by atoms with Crippen molar-refractivity contribution in [2.75, 3.05) is 0 Å². The Morgan fingerprint density at radius 3 is 2.73 bits per heavy atom. The highest BCUT2D eigenvalue weighted by molar-refractivity contribution is 7.10. The molecule has 0 bridgehead atoms. The number of hydrogen-bond acceptors (Lipinski definition) is 6. The zero-order chi connectivity index (χ0) is 15.4. The van der Waals surface area contributed by atoms with E-state index in [1.807, 2.05) is 23.6 Å². The molecule has 0 aromatic carbocycles. The number of thiophene rings is 1. The molecule has 3 aromatic heterocycles. The van der Waals surface area contributed by atoms with Gasteiger partial charge in [0.2, 0.25) is 5.78 Å². The molecule has 6 nitrogen and oxygen atoms in total. The molecule has 1 N–H and O–H groups in total. The minimum Gasteiger partial charge on any atom is -0.290 e. The molecule has 7 heteroatoms. The van der Waals surface area contributed by atoms with Crippen LogP contribution in [0.25, 0.3) is 0 Å². The number of rotatable bonds is 6. The summed E-state index contributed by atoms with van der Waals surface area (Å²) in [6, 6.07) is 5.86. The molecular weight excluding hydrogens is 300 g/mol. The first-order valence-corrected chi connectivity index (χ1v) is 7.48. The summed E-state index contributed by atoms with van der Waals surface area (Å²) in [5.41, 5.74) is 2.27. The summed E-state index contributed by atoms with van der Waals surface area (Å²) in [5.74, 6) is -1.14. The van der Waals surface area contributed by atoms with Gasteiger partial charge in [-0.3, -0.25) is 19.7 Å². The number of carbonyl (C=O) groups is 2. The summed E-state index contributed by atoms with van der Waals surface area (Å²) in [7, 11) is 0. The first kappa shape index (κ1) is 14.3. The molecule has 110 valence electrons. The molecule has 3 aromatic rings. The normalized spacial score (nSPS) is 10.5. The van der Waals surface area contributed by atoms with Crippen molar-refractivity contribution in [2.45, 2.75) is 12.8 Å². The SMILES string of the molecule is O=C(Cc1cc(Cc2ccncc2)cs1)C(=O)c1ncn[nH]1. The molecular formula is C15H12N4O2S. The minimum atomic E-state index is -0.637. The van der Waals surface area contributed by atoms with E-state index in [1.165, 1.54) is 17.7 Å². The van der Waals surface area contributed by atoms with Gasteiger partial charge in [-0.2, -0.15) is 5.10 Å². The Kier molecular flexibility index (Phi) is 4.15. The van der Waals surface area contributed by atoms with Gasteiger partial charge < -0.3 is 0 Å². The van der Waals surface area contributed by atoms with Crippen molar-refractivity contribution in [3.63, 3.8) is 0 Å². The van der Waals surface area contributed by atoms with Gasteiger partial charge >= 0.3 is 0 Å². The number of aromatic nitrogens is 4. The molecule has 0 unspecified atom stereocenters. The van der Waals surface area contributed by atoms with Crippen LogP contribution in [0.3, 0.4) is 0 Å². The molecule has 22 heavy (non-hydrogen) atoms. The van der Waals surface area contributed by atoms with Crippen LogP contribution in [-0.4, -0.2) is 31.7 Å². The quantitative estimate of drug-likeness (QED) is 0.554. The minimum absolute atomic E-state index is 0.0152. The Morgan fingerprint density at radius 2 is 2.00 bits per heavy atom. The fourth-order valence-corrected chi connectivity index (χ4v) is 2.92. The third kappa shape index (κ3) is 3.32. The summed E-state index contributed by atoms with van der Waals surface area (Å²) in [6.45, 7) is 0. The average molecular weight is 312 g/mol. The standard InChI is InChI=1S/C15H12N4O2S/c20-13(14(21)15-17-9-18-19-15)7-12-6-11(8-22-12)5-10-1-3-16-4-2-10/h1-4,6,8-9H,5,7H2,(H,17,18,19). The molecule has 3 rings (SSSR count). The molecule has 0 saturated carbocycles. The van der Waals surface area contributed by atoms with Crippen LogP contribution >= 0.6 is 11.3 Å². The van der Waals surface area contributed by atoms with Gasteiger partial charge in [-0.15, -0.1) is 11.3 Å². The maximum Gasteiger partial charge on any atom is 0.265 e. The molecule has 0 aliphatic rings. The van der Waals surface area contributed by atoms with Gasteiger partial charge in [-0.25, -0.2) is 4.98 Å². The van der Waals surface area contributed by atoms with Crippen molar-refractivity contribution in [1.82, 2.24) is 20.2 Å². The number of aromatic amines is 1. The second-order valence-electron chi connectivity index (χ2n) is 4.72. The second-order valence-corrected chi connectivity index (χ2v) is 5.71. The Hall–Kier alpha value is -2.67. The highest BCUT2D eigenvalue weighted by Crippen LogP contribution is 2.19. The molecule has 0 spiro atoms. The molecule has 0 amide bonds. The van der Waals surface area contributed by atoms with E-state index in [2.05, 4.69) is 20.2 Å². The lowest BCUT2D eigenvalue weighted by molar-refractivity contribution is -0.114. The number of pyridine rings is 1. The fraction of sp³-hybridized carbons (Fsp3) is 0.133. The topological polar surface area (TPSA) is 88.6 Å². The summed E-state index contributed by atoms with van der Waals surface area (Å²) in [6.07, 6.45) is 5.58. The van der Waals surface area contributed by atoms with Crippen molar-refractivity contribution >= 4 is 22.9 Å². The van der Waals surface area contributed by atoms with Crippen LogP contribution in [0.1, 0.15) is 26.6 Å². The van der Waals surface area contributed by atoms with Gasteiger partial charge in [0, 0.05) is 23.7 Å². The van der Waals surface area contributed by atoms with Crippen LogP contribution in [0.15, 0.2) is 42.3 Å². The molecule has 0 fully saturated rings. The maximum atomic E-state index is 11.9. The number of hydrogen-bond donors (Lipinski definition) is 1. The van der Waals surface area contributed by atoms with Gasteiger partial charge in [0.05, 0.1) is 0 Å². The first-order valence-electron chi connectivity index (χ1n) is 6.60. The van der Waals surface area contributed by atoms with Crippen LogP contribution in [0, 0.1) is 0 Å². The van der Waals surface area contributed by atoms with Crippen LogP contribution in [0.2, 0.25) is 0 Å². The van der Waals surface area contributed by atoms with E-state index in [-0.39, 0.29) is 12.2 Å². The van der Waals surface area contributed by atoms with Crippen LogP contribution in [-0.2, 0) is 17.6 Å². The van der Waals surface area contributed by atoms with E-state index >= 15 is 0 Å². The molecule has 0 radical (unpaired) electrons. The van der Waals surface area contributed by atoms with E-state index in [0.717, 1.165) is 22.4 Å². The van der Waals surface area contributed by atoms with E-state index in [9.17, 15) is 9.59 Å². The average Bonchev–Trinajstić information content (AvgIpc) is 3.19. The van der Waals surface area contributed by atoms with Crippen LogP contribution in [0.5, 0.6) is 0 Å². The molecule has 3 heterocycles. The lowest BCUT2D eigenvalue weighted by Gasteiger charge is -1.97. The number of carbonyl (C=O) groups excluding carboxylic acids is 2. The first-order chi connectivity index (χ1) is 10.7. The Morgan fingerprint density at radius 1 is 1.18 bits per heavy atom. The third-order valence-corrected chi connectivity index (χ3v) is 4.07. The largest absolute Gasteiger partial charge is 0.290 e. The number of nitrogens with zero attached hydrogens (tertiary/aromatic N) is 3. The third-order valence-electron chi connectivity index (χ3n) is 3.08. The molecule has 0 saturated heterocycles. The predicted molar refractivity (Wildman–Crippen MR) is 80.8 cm³/mol. The van der Waals surface area contributed by atoms with Crippen molar-refractivity contribution in [1.29, 1.82) is 0 Å². The zero-order valence-corrected chi connectivity index (χ0v) is 12.3. The summed E-state index contributed by atoms with van der Waals surface area (Å²) in [5, 5.41) is 7.98. The van der Waals surface area contributed by atoms with E-state index in [1.54, 1.807) is 12.4 Å². The summed E-state index contributed by atoms with van der Waals surface area (Å²) >= 11 is 1.48. The van der Waals surface area contributed by atoms with Crippen molar-refractivity contribution in [3.05, 3.63) is 64.1 Å². The predicted octanol–water partition coefficient (Wildman–Crippen LogP) is 1.85. The van der Waals surface area contributed by atoms with E-state index in [4.69, 9.17) is 0 Å². The summed E-state index contributed by atoms with van der Waals surface area (Å²) in [4.78, 5) is 32.3. The van der Waals surface area contributed by atoms with Gasteiger partial charge in [-0.1, -0.05) is 0 Å². The second kappa shape index (κ2) is 6.40. The van der Waals surface area contributed by atoms with Crippen molar-refractivity contribution in [2.24, 2.45) is 0 Å². The highest BCUT2D eigenvalue weighted by Gasteiger charge is 2.19. The monoisotopic (exact) mass is 312 g/mol. The molecule has 0 aliphatic heterocycles. The van der Waals surface area contributed by atoms with Gasteiger partial charge in [-0.05, 0) is 41.1 Å². The lowest BCUT2D eigenvalue weighted by Crippen LogP contribution is -2.17. The van der Waals surface area contributed by atoms with Gasteiger partial charge in [0.25, 0.3) is 5.78 Å². The fourth-order valence-electron chi connectivity index (χ4n) is 2.03. The Bertz CT molecular complexity index is 781. The Labute approximate surface area is 130 Å². The number of nitrogens with one attached hydrogen (secondary N) is 1. The zero-order valence-electron chi connectivity index (χ0n) is 11.5. The Balaban J connectivity index is 1.64. The number of Topliss-reactive ketones (excluding diaryl/α,β-unsaturated/α-hetero) is 2. The highest BCUT2D eigenvalue weighted by atomic mass is 32.1. The van der Waals surface area contributed by atoms with E-state index < -0.39 is 11.6 Å². The summed E-state index contributed by atoms with van der Waals surface area (Å²) < 4.78 is 0. The van der Waals surface area contributed by atoms with Crippen molar-refractivity contribution < 1.29 is 9.59 Å². The van der Waals surface area contributed by atoms with Crippen LogP contribution in [0.4, 0.5) is 0 Å². The smallest absolute Gasteiger partial charge is 0.265 e. The van der Waals surface area contributed by atoms with Gasteiger partial charge in [0.15, 0.2) is 5.82 Å². The van der Waals surface area contributed by atoms with Crippen molar-refractivity contribution in [3.8, 4) is 0 Å². The number of H-pyrrole nitrogens is 1. The molecule has 0 aliphatic carbocycles.